The second kappa shape index (κ2) is 7.98. The first kappa shape index (κ1) is 19.8. The number of nitrogens with zero attached hydrogens (tertiary/aromatic N) is 2. The van der Waals surface area contributed by atoms with Crippen LogP contribution in [0.1, 0.15) is 16.7 Å². The fourth-order valence-corrected chi connectivity index (χ4v) is 4.70. The van der Waals surface area contributed by atoms with Gasteiger partial charge in [0.25, 0.3) is 10.2 Å². The molecule has 1 amide bonds. The number of carbonyl (C=O) groups is 1. The molecule has 0 spiro atoms. The maximum Gasteiger partial charge on any atom is 0.282 e. The maximum atomic E-state index is 12.7. The number of aryl methyl sites for hydroxylation is 2. The summed E-state index contributed by atoms with van der Waals surface area (Å²) in [6, 6.07) is 12.9. The molecule has 2 aromatic rings. The van der Waals surface area contributed by atoms with Crippen LogP contribution in [-0.4, -0.2) is 42.6 Å². The van der Waals surface area contributed by atoms with Crippen LogP contribution in [0.3, 0.4) is 0 Å². The molecule has 144 valence electrons. The first-order chi connectivity index (χ1) is 12.8. The zero-order valence-electron chi connectivity index (χ0n) is 15.3. The first-order valence-electron chi connectivity index (χ1n) is 8.63. The second-order valence-corrected chi connectivity index (χ2v) is 8.97. The highest BCUT2D eigenvalue weighted by Gasteiger charge is 2.37. The molecule has 2 aromatic carbocycles. The van der Waals surface area contributed by atoms with Crippen LogP contribution in [0.5, 0.6) is 0 Å². The summed E-state index contributed by atoms with van der Waals surface area (Å²) in [6.45, 7) is 4.41. The smallest absolute Gasteiger partial charge is 0.282 e. The minimum Gasteiger partial charge on any atom is -0.325 e. The number of halogens is 1. The van der Waals surface area contributed by atoms with Crippen molar-refractivity contribution in [3.63, 3.8) is 0 Å². The summed E-state index contributed by atoms with van der Waals surface area (Å²) in [7, 11) is -3.70. The van der Waals surface area contributed by atoms with Crippen molar-refractivity contribution in [2.75, 3.05) is 25.0 Å². The number of rotatable bonds is 5. The fraction of sp³-hybridized carbons (Fsp3) is 0.316. The molecule has 0 aromatic heterocycles. The number of anilines is 1. The Kier molecular flexibility index (Phi) is 5.86. The van der Waals surface area contributed by atoms with Gasteiger partial charge in [0.1, 0.15) is 0 Å². The van der Waals surface area contributed by atoms with Gasteiger partial charge in [-0.05, 0) is 42.7 Å². The van der Waals surface area contributed by atoms with E-state index in [1.807, 2.05) is 38.1 Å². The molecule has 1 saturated heterocycles. The van der Waals surface area contributed by atoms with Gasteiger partial charge in [0, 0.05) is 30.3 Å². The molecule has 1 heterocycles. The zero-order valence-corrected chi connectivity index (χ0v) is 16.8. The molecule has 0 saturated carbocycles. The third kappa shape index (κ3) is 4.50. The molecule has 0 atom stereocenters. The highest BCUT2D eigenvalue weighted by Crippen LogP contribution is 2.23. The average molecular weight is 408 g/mol. The molecular weight excluding hydrogens is 386 g/mol. The van der Waals surface area contributed by atoms with Crippen LogP contribution in [0.25, 0.3) is 0 Å². The molecule has 1 fully saturated rings. The van der Waals surface area contributed by atoms with Gasteiger partial charge in [-0.25, -0.2) is 0 Å². The van der Waals surface area contributed by atoms with Crippen LogP contribution in [-0.2, 0) is 21.5 Å². The van der Waals surface area contributed by atoms with Gasteiger partial charge in [-0.15, -0.1) is 0 Å². The highest BCUT2D eigenvalue weighted by molar-refractivity contribution is 7.87. The van der Waals surface area contributed by atoms with Crippen molar-refractivity contribution in [3.8, 4) is 0 Å². The number of benzene rings is 2. The van der Waals surface area contributed by atoms with E-state index in [4.69, 9.17) is 11.6 Å². The molecule has 1 aliphatic rings. The second-order valence-electron chi connectivity index (χ2n) is 6.63. The number of hydrogen-bond acceptors (Lipinski definition) is 3. The zero-order chi connectivity index (χ0) is 19.6. The Morgan fingerprint density at radius 3 is 2.56 bits per heavy atom. The lowest BCUT2D eigenvalue weighted by atomic mass is 10.1. The minimum atomic E-state index is -3.70. The molecule has 0 aliphatic carbocycles. The van der Waals surface area contributed by atoms with Crippen LogP contribution >= 0.6 is 11.6 Å². The van der Waals surface area contributed by atoms with Gasteiger partial charge < -0.3 is 5.32 Å². The van der Waals surface area contributed by atoms with Crippen molar-refractivity contribution in [3.05, 3.63) is 64.2 Å². The van der Waals surface area contributed by atoms with E-state index in [0.29, 0.717) is 17.3 Å². The van der Waals surface area contributed by atoms with Gasteiger partial charge in [-0.3, -0.25) is 4.79 Å². The SMILES string of the molecule is Cc1ccc(C)c(NC(=O)CN2CCN(Cc3ccccc3Cl)S2(=O)=O)c1. The third-order valence-corrected chi connectivity index (χ3v) is 6.84. The van der Waals surface area contributed by atoms with Crippen molar-refractivity contribution in [1.29, 1.82) is 0 Å². The fourth-order valence-electron chi connectivity index (χ4n) is 2.98. The Hall–Kier alpha value is -1.93. The topological polar surface area (TPSA) is 69.7 Å². The van der Waals surface area contributed by atoms with Crippen LogP contribution in [0, 0.1) is 13.8 Å². The normalized spacial score (nSPS) is 17.1. The molecule has 3 rings (SSSR count). The number of amides is 1. The molecule has 8 heteroatoms. The van der Waals surface area contributed by atoms with Crippen molar-refractivity contribution in [1.82, 2.24) is 8.61 Å². The summed E-state index contributed by atoms with van der Waals surface area (Å²) in [5.74, 6) is -0.355. The van der Waals surface area contributed by atoms with E-state index in [1.54, 1.807) is 18.2 Å². The van der Waals surface area contributed by atoms with Gasteiger partial charge in [-0.2, -0.15) is 17.0 Å². The van der Waals surface area contributed by atoms with Crippen LogP contribution in [0.2, 0.25) is 5.02 Å². The standard InChI is InChI=1S/C19H22ClN3O3S/c1-14-7-8-15(2)18(11-14)21-19(24)13-23-10-9-22(27(23,25)26)12-16-5-3-4-6-17(16)20/h3-8,11H,9-10,12-13H2,1-2H3,(H,21,24). The van der Waals surface area contributed by atoms with E-state index in [2.05, 4.69) is 5.32 Å². The van der Waals surface area contributed by atoms with E-state index in [0.717, 1.165) is 16.7 Å². The summed E-state index contributed by atoms with van der Waals surface area (Å²) in [5.41, 5.74) is 3.39. The summed E-state index contributed by atoms with van der Waals surface area (Å²) in [5, 5.41) is 3.33. The van der Waals surface area contributed by atoms with Gasteiger partial charge in [0.15, 0.2) is 0 Å². The van der Waals surface area contributed by atoms with Crippen LogP contribution < -0.4 is 5.32 Å². The van der Waals surface area contributed by atoms with E-state index in [9.17, 15) is 13.2 Å². The lowest BCUT2D eigenvalue weighted by Gasteiger charge is -2.19. The lowest BCUT2D eigenvalue weighted by Crippen LogP contribution is -2.38. The Balaban J connectivity index is 1.67. The maximum absolute atomic E-state index is 12.7. The van der Waals surface area contributed by atoms with Crippen molar-refractivity contribution >= 4 is 33.4 Å². The summed E-state index contributed by atoms with van der Waals surface area (Å²) >= 11 is 6.14. The molecule has 0 radical (unpaired) electrons. The Morgan fingerprint density at radius 2 is 1.81 bits per heavy atom. The van der Waals surface area contributed by atoms with Crippen LogP contribution in [0.4, 0.5) is 5.69 Å². The molecule has 1 aliphatic heterocycles. The van der Waals surface area contributed by atoms with Crippen molar-refractivity contribution in [2.45, 2.75) is 20.4 Å². The molecule has 6 nitrogen and oxygen atoms in total. The number of hydrogen-bond donors (Lipinski definition) is 1. The number of nitrogens with one attached hydrogen (secondary N) is 1. The van der Waals surface area contributed by atoms with Crippen molar-refractivity contribution < 1.29 is 13.2 Å². The quantitative estimate of drug-likeness (QED) is 0.828. The monoisotopic (exact) mass is 407 g/mol. The number of carbonyl (C=O) groups excluding carboxylic acids is 1. The van der Waals surface area contributed by atoms with Gasteiger partial charge >= 0.3 is 0 Å². The van der Waals surface area contributed by atoms with Gasteiger partial charge in [0.2, 0.25) is 5.91 Å². The van der Waals surface area contributed by atoms with Gasteiger partial charge in [-0.1, -0.05) is 41.9 Å². The Labute approximate surface area is 164 Å². The lowest BCUT2D eigenvalue weighted by molar-refractivity contribution is -0.116. The molecule has 27 heavy (non-hydrogen) atoms. The predicted octanol–water partition coefficient (Wildman–Crippen LogP) is 2.96. The Bertz CT molecular complexity index is 962. The van der Waals surface area contributed by atoms with Gasteiger partial charge in [0.05, 0.1) is 6.54 Å². The molecular formula is C19H22ClN3O3S. The van der Waals surface area contributed by atoms with E-state index < -0.39 is 10.2 Å². The Morgan fingerprint density at radius 1 is 1.11 bits per heavy atom. The van der Waals surface area contributed by atoms with Crippen LogP contribution in [0.15, 0.2) is 42.5 Å². The summed E-state index contributed by atoms with van der Waals surface area (Å²) < 4.78 is 28.0. The van der Waals surface area contributed by atoms with E-state index in [1.165, 1.54) is 8.61 Å². The van der Waals surface area contributed by atoms with E-state index in [-0.39, 0.29) is 25.5 Å². The molecule has 1 N–H and O–H groups in total. The minimum absolute atomic E-state index is 0.192. The van der Waals surface area contributed by atoms with E-state index >= 15 is 0 Å². The van der Waals surface area contributed by atoms with Crippen molar-refractivity contribution in [2.24, 2.45) is 0 Å². The first-order valence-corrected chi connectivity index (χ1v) is 10.4. The summed E-state index contributed by atoms with van der Waals surface area (Å²) in [6.07, 6.45) is 0. The highest BCUT2D eigenvalue weighted by atomic mass is 35.5. The molecule has 0 unspecified atom stereocenters. The molecule has 0 bridgehead atoms. The predicted molar refractivity (Wildman–Crippen MR) is 107 cm³/mol. The summed E-state index contributed by atoms with van der Waals surface area (Å²) in [4.78, 5) is 12.4. The average Bonchev–Trinajstić information content (AvgIpc) is 2.87. The largest absolute Gasteiger partial charge is 0.325 e. The third-order valence-electron chi connectivity index (χ3n) is 4.54.